The van der Waals surface area contributed by atoms with E-state index < -0.39 is 14.6 Å². The molecule has 1 aromatic heterocycles. The molecule has 0 radical (unpaired) electrons. The summed E-state index contributed by atoms with van der Waals surface area (Å²) in [5.74, 6) is 0.124. The topological polar surface area (TPSA) is 78.5 Å². The standard InChI is InChI=1S/C18H29N3O3S2.2ClH/c1-26(23,24)18(6-8-19-9-7-18)17(22)20-13-15-4-10-21(11-5-15)14-16-3-2-12-25-16;;/h2-3,12,15,19H,4-11,13-14H2,1H3,(H,20,22);2*1H. The highest BCUT2D eigenvalue weighted by molar-refractivity contribution is 7.92. The molecule has 0 atom stereocenters. The highest BCUT2D eigenvalue weighted by atomic mass is 35.5. The van der Waals surface area contributed by atoms with Crippen LogP contribution in [0, 0.1) is 5.92 Å². The fraction of sp³-hybridized carbons (Fsp3) is 0.722. The zero-order chi connectivity index (χ0) is 18.6. The number of rotatable bonds is 6. The summed E-state index contributed by atoms with van der Waals surface area (Å²) in [5, 5.41) is 8.22. The molecule has 1 aromatic rings. The molecule has 2 N–H and O–H groups in total. The van der Waals surface area contributed by atoms with Crippen LogP contribution in [0.3, 0.4) is 0 Å². The Balaban J connectivity index is 0.00000196. The molecule has 2 aliphatic rings. The average molecular weight is 473 g/mol. The van der Waals surface area contributed by atoms with Crippen LogP contribution < -0.4 is 10.6 Å². The van der Waals surface area contributed by atoms with Crippen molar-refractivity contribution in [3.63, 3.8) is 0 Å². The zero-order valence-corrected chi connectivity index (χ0v) is 19.5. The summed E-state index contributed by atoms with van der Waals surface area (Å²) in [6.45, 7) is 4.78. The smallest absolute Gasteiger partial charge is 0.241 e. The van der Waals surface area contributed by atoms with E-state index in [1.165, 1.54) is 11.1 Å². The number of sulfone groups is 1. The second-order valence-corrected chi connectivity index (χ2v) is 10.9. The molecule has 2 aliphatic heterocycles. The van der Waals surface area contributed by atoms with Gasteiger partial charge in [0.15, 0.2) is 14.6 Å². The molecule has 2 saturated heterocycles. The van der Waals surface area contributed by atoms with Crippen LogP contribution in [0.4, 0.5) is 0 Å². The van der Waals surface area contributed by atoms with Crippen LogP contribution in [0.5, 0.6) is 0 Å². The van der Waals surface area contributed by atoms with Gasteiger partial charge in [-0.2, -0.15) is 0 Å². The Morgan fingerprint density at radius 3 is 2.46 bits per heavy atom. The number of carbonyl (C=O) groups is 1. The summed E-state index contributed by atoms with van der Waals surface area (Å²) >= 11 is 1.79. The Hall–Kier alpha value is -0.380. The number of amides is 1. The van der Waals surface area contributed by atoms with Crippen molar-refractivity contribution in [2.24, 2.45) is 5.92 Å². The van der Waals surface area contributed by atoms with Crippen molar-refractivity contribution >= 4 is 51.9 Å². The van der Waals surface area contributed by atoms with E-state index in [4.69, 9.17) is 0 Å². The predicted octanol–water partition coefficient (Wildman–Crippen LogP) is 2.09. The summed E-state index contributed by atoms with van der Waals surface area (Å²) in [6.07, 6.45) is 3.99. The fourth-order valence-electron chi connectivity index (χ4n) is 3.97. The number of nitrogens with zero attached hydrogens (tertiary/aromatic N) is 1. The molecule has 3 heterocycles. The van der Waals surface area contributed by atoms with Gasteiger partial charge in [-0.1, -0.05) is 6.07 Å². The molecule has 0 spiro atoms. The maximum Gasteiger partial charge on any atom is 0.241 e. The van der Waals surface area contributed by atoms with Gasteiger partial charge >= 0.3 is 0 Å². The van der Waals surface area contributed by atoms with Gasteiger partial charge in [0.05, 0.1) is 0 Å². The second kappa shape index (κ2) is 11.1. The molecule has 3 rings (SSSR count). The van der Waals surface area contributed by atoms with Gasteiger partial charge in [0, 0.05) is 24.2 Å². The molecule has 6 nitrogen and oxygen atoms in total. The molecule has 162 valence electrons. The lowest BCUT2D eigenvalue weighted by molar-refractivity contribution is -0.124. The van der Waals surface area contributed by atoms with Gasteiger partial charge in [0.25, 0.3) is 0 Å². The van der Waals surface area contributed by atoms with Crippen LogP contribution in [0.15, 0.2) is 17.5 Å². The minimum absolute atomic E-state index is 0. The Kier molecular flexibility index (Phi) is 10.2. The summed E-state index contributed by atoms with van der Waals surface area (Å²) in [4.78, 5) is 16.6. The molecule has 1 amide bonds. The van der Waals surface area contributed by atoms with Gasteiger partial charge < -0.3 is 10.6 Å². The number of carbonyl (C=O) groups excluding carboxylic acids is 1. The van der Waals surface area contributed by atoms with E-state index in [9.17, 15) is 13.2 Å². The van der Waals surface area contributed by atoms with Crippen molar-refractivity contribution in [1.29, 1.82) is 0 Å². The summed E-state index contributed by atoms with van der Waals surface area (Å²) in [5.41, 5.74) is 0. The van der Waals surface area contributed by atoms with Gasteiger partial charge in [-0.3, -0.25) is 9.69 Å². The third-order valence-electron chi connectivity index (χ3n) is 5.75. The van der Waals surface area contributed by atoms with Crippen LogP contribution in [-0.2, 0) is 21.2 Å². The van der Waals surface area contributed by atoms with E-state index in [1.54, 1.807) is 11.3 Å². The first-order valence-electron chi connectivity index (χ1n) is 9.34. The minimum atomic E-state index is -3.44. The first-order valence-corrected chi connectivity index (χ1v) is 12.1. The number of likely N-dealkylation sites (tertiary alicyclic amines) is 1. The van der Waals surface area contributed by atoms with Crippen LogP contribution >= 0.6 is 36.2 Å². The van der Waals surface area contributed by atoms with Crippen LogP contribution in [0.1, 0.15) is 30.6 Å². The molecule has 0 aromatic carbocycles. The van der Waals surface area contributed by atoms with E-state index in [2.05, 4.69) is 33.0 Å². The molecule has 10 heteroatoms. The molecule has 28 heavy (non-hydrogen) atoms. The Bertz CT molecular complexity index is 700. The van der Waals surface area contributed by atoms with Crippen LogP contribution in [0.2, 0.25) is 0 Å². The molecule has 0 bridgehead atoms. The first kappa shape index (κ1) is 25.7. The van der Waals surface area contributed by atoms with Gasteiger partial charge in [-0.05, 0) is 69.2 Å². The van der Waals surface area contributed by atoms with Crippen molar-refractivity contribution in [2.75, 3.05) is 39.0 Å². The Morgan fingerprint density at radius 2 is 1.93 bits per heavy atom. The number of piperidine rings is 2. The van der Waals surface area contributed by atoms with Crippen LogP contribution in [0.25, 0.3) is 0 Å². The molecule has 2 fully saturated rings. The maximum absolute atomic E-state index is 12.8. The largest absolute Gasteiger partial charge is 0.354 e. The van der Waals surface area contributed by atoms with Crippen molar-refractivity contribution in [2.45, 2.75) is 37.0 Å². The second-order valence-electron chi connectivity index (χ2n) is 7.53. The van der Waals surface area contributed by atoms with Gasteiger partial charge in [-0.15, -0.1) is 36.2 Å². The maximum atomic E-state index is 12.8. The third kappa shape index (κ3) is 6.06. The first-order chi connectivity index (χ1) is 12.4. The number of nitrogens with one attached hydrogen (secondary N) is 2. The number of hydrogen-bond acceptors (Lipinski definition) is 6. The van der Waals surface area contributed by atoms with Gasteiger partial charge in [0.1, 0.15) is 0 Å². The number of thiophene rings is 1. The highest BCUT2D eigenvalue weighted by Crippen LogP contribution is 2.28. The van der Waals surface area contributed by atoms with E-state index in [0.717, 1.165) is 32.5 Å². The molecular formula is C18H31Cl2N3O3S2. The lowest BCUT2D eigenvalue weighted by Gasteiger charge is -2.36. The average Bonchev–Trinajstić information content (AvgIpc) is 3.13. The minimum Gasteiger partial charge on any atom is -0.354 e. The van der Waals surface area contributed by atoms with Crippen molar-refractivity contribution in [3.05, 3.63) is 22.4 Å². The summed E-state index contributed by atoms with van der Waals surface area (Å²) in [6, 6.07) is 4.25. The zero-order valence-electron chi connectivity index (χ0n) is 16.2. The number of halogens is 2. The van der Waals surface area contributed by atoms with Gasteiger partial charge in [-0.25, -0.2) is 8.42 Å². The van der Waals surface area contributed by atoms with E-state index >= 15 is 0 Å². The summed E-state index contributed by atoms with van der Waals surface area (Å²) < 4.78 is 23.3. The van der Waals surface area contributed by atoms with Crippen molar-refractivity contribution < 1.29 is 13.2 Å². The summed E-state index contributed by atoms with van der Waals surface area (Å²) in [7, 11) is -3.44. The molecule has 0 saturated carbocycles. The SMILES string of the molecule is CS(=O)(=O)C1(C(=O)NCC2CCN(Cc3cccs3)CC2)CCNCC1.Cl.Cl. The normalized spacial score (nSPS) is 20.6. The quantitative estimate of drug-likeness (QED) is 0.663. The monoisotopic (exact) mass is 471 g/mol. The van der Waals surface area contributed by atoms with Crippen LogP contribution in [-0.4, -0.2) is 63.0 Å². The van der Waals surface area contributed by atoms with Gasteiger partial charge in [0.2, 0.25) is 5.91 Å². The lowest BCUT2D eigenvalue weighted by atomic mass is 9.94. The van der Waals surface area contributed by atoms with Crippen molar-refractivity contribution in [1.82, 2.24) is 15.5 Å². The number of hydrogen-bond donors (Lipinski definition) is 2. The predicted molar refractivity (Wildman–Crippen MR) is 120 cm³/mol. The fourth-order valence-corrected chi connectivity index (χ4v) is 6.07. The molecule has 0 aliphatic carbocycles. The van der Waals surface area contributed by atoms with E-state index in [1.807, 2.05) is 0 Å². The lowest BCUT2D eigenvalue weighted by Crippen LogP contribution is -2.58. The Morgan fingerprint density at radius 1 is 1.29 bits per heavy atom. The Labute approximate surface area is 184 Å². The van der Waals surface area contributed by atoms with Crippen molar-refractivity contribution in [3.8, 4) is 0 Å². The third-order valence-corrected chi connectivity index (χ3v) is 8.63. The molecular weight excluding hydrogens is 441 g/mol. The molecule has 0 unspecified atom stereocenters. The van der Waals surface area contributed by atoms with E-state index in [0.29, 0.717) is 38.4 Å². The van der Waals surface area contributed by atoms with E-state index in [-0.39, 0.29) is 30.7 Å². The highest BCUT2D eigenvalue weighted by Gasteiger charge is 2.48.